The summed E-state index contributed by atoms with van der Waals surface area (Å²) in [6.07, 6.45) is 0. The smallest absolute Gasteiger partial charge is 0.282 e. The third-order valence-corrected chi connectivity index (χ3v) is 5.27. The molecule has 0 bridgehead atoms. The molecule has 4 rings (SSSR count). The number of anilines is 2. The molecule has 0 radical (unpaired) electrons. The van der Waals surface area contributed by atoms with Gasteiger partial charge in [0, 0.05) is 10.7 Å². The molecule has 2 amide bonds. The summed E-state index contributed by atoms with van der Waals surface area (Å²) in [4.78, 5) is 27.6. The van der Waals surface area contributed by atoms with Gasteiger partial charge in [-0.05, 0) is 60.2 Å². The van der Waals surface area contributed by atoms with E-state index < -0.39 is 17.6 Å². The van der Waals surface area contributed by atoms with Gasteiger partial charge in [-0.1, -0.05) is 35.3 Å². The van der Waals surface area contributed by atoms with E-state index in [9.17, 15) is 14.0 Å². The monoisotopic (exact) mass is 456 g/mol. The van der Waals surface area contributed by atoms with Crippen LogP contribution in [0.15, 0.2) is 72.4 Å². The van der Waals surface area contributed by atoms with Crippen LogP contribution in [-0.2, 0) is 9.59 Å². The number of amides is 2. The highest BCUT2D eigenvalue weighted by atomic mass is 35.5. The topological polar surface area (TPSA) is 58.6 Å². The van der Waals surface area contributed by atoms with E-state index >= 15 is 0 Å². The second kappa shape index (κ2) is 8.41. The zero-order chi connectivity index (χ0) is 22.1. The summed E-state index contributed by atoms with van der Waals surface area (Å²) in [5.74, 6) is -1.12. The summed E-state index contributed by atoms with van der Waals surface area (Å²) in [5, 5.41) is 3.84. The Bertz CT molecular complexity index is 1210. The maximum Gasteiger partial charge on any atom is 0.282 e. The SMILES string of the molecule is COc1ccc(NC2=C(c3ccc(Cl)cc3)C(=O)N(c3ccc(F)cc3)C2=O)cc1Cl. The van der Waals surface area contributed by atoms with Crippen LogP contribution >= 0.6 is 23.2 Å². The summed E-state index contributed by atoms with van der Waals surface area (Å²) in [6.45, 7) is 0. The molecule has 0 saturated heterocycles. The fraction of sp³-hybridized carbons (Fsp3) is 0.0435. The van der Waals surface area contributed by atoms with Crippen LogP contribution in [0.4, 0.5) is 15.8 Å². The van der Waals surface area contributed by atoms with Gasteiger partial charge in [-0.2, -0.15) is 0 Å². The number of nitrogens with zero attached hydrogens (tertiary/aromatic N) is 1. The molecular weight excluding hydrogens is 442 g/mol. The number of hydrogen-bond donors (Lipinski definition) is 1. The molecule has 0 aliphatic carbocycles. The summed E-state index contributed by atoms with van der Waals surface area (Å²) in [6, 6.07) is 16.6. The lowest BCUT2D eigenvalue weighted by Crippen LogP contribution is -2.32. The number of carbonyl (C=O) groups is 2. The van der Waals surface area contributed by atoms with Crippen molar-refractivity contribution in [3.05, 3.63) is 93.9 Å². The molecule has 3 aromatic carbocycles. The van der Waals surface area contributed by atoms with Crippen molar-refractivity contribution in [2.75, 3.05) is 17.3 Å². The standard InChI is InChI=1S/C23H15Cl2FN2O3/c1-31-19-11-8-16(12-18(19)25)27-21-20(13-2-4-14(24)5-3-13)22(29)28(23(21)30)17-9-6-15(26)7-10-17/h2-12,27H,1H3. The van der Waals surface area contributed by atoms with Gasteiger partial charge in [-0.15, -0.1) is 0 Å². The average Bonchev–Trinajstić information content (AvgIpc) is 2.99. The van der Waals surface area contributed by atoms with Gasteiger partial charge in [0.2, 0.25) is 0 Å². The van der Waals surface area contributed by atoms with Crippen LogP contribution < -0.4 is 15.0 Å². The molecule has 0 spiro atoms. The first kappa shape index (κ1) is 20.9. The van der Waals surface area contributed by atoms with Crippen molar-refractivity contribution in [2.24, 2.45) is 0 Å². The number of ether oxygens (including phenoxy) is 1. The lowest BCUT2D eigenvalue weighted by atomic mass is 10.0. The first-order valence-electron chi connectivity index (χ1n) is 9.14. The highest BCUT2D eigenvalue weighted by molar-refractivity contribution is 6.46. The predicted octanol–water partition coefficient (Wildman–Crippen LogP) is 5.54. The Morgan fingerprint density at radius 1 is 0.903 bits per heavy atom. The second-order valence-corrected chi connectivity index (χ2v) is 7.50. The van der Waals surface area contributed by atoms with Gasteiger partial charge in [0.1, 0.15) is 17.3 Å². The van der Waals surface area contributed by atoms with Crippen LogP contribution in [0.5, 0.6) is 5.75 Å². The van der Waals surface area contributed by atoms with Crippen molar-refractivity contribution in [3.8, 4) is 5.75 Å². The van der Waals surface area contributed by atoms with Crippen molar-refractivity contribution in [2.45, 2.75) is 0 Å². The van der Waals surface area contributed by atoms with E-state index in [0.717, 1.165) is 4.90 Å². The molecule has 0 atom stereocenters. The Kier molecular flexibility index (Phi) is 5.67. The molecule has 0 saturated carbocycles. The zero-order valence-electron chi connectivity index (χ0n) is 16.2. The van der Waals surface area contributed by atoms with Gasteiger partial charge in [0.25, 0.3) is 11.8 Å². The number of halogens is 3. The van der Waals surface area contributed by atoms with Crippen molar-refractivity contribution in [1.29, 1.82) is 0 Å². The minimum atomic E-state index is -0.575. The molecule has 1 heterocycles. The lowest BCUT2D eigenvalue weighted by Gasteiger charge is -2.15. The molecule has 8 heteroatoms. The Labute approximate surface area is 187 Å². The first-order valence-corrected chi connectivity index (χ1v) is 9.90. The minimum Gasteiger partial charge on any atom is -0.495 e. The van der Waals surface area contributed by atoms with Gasteiger partial charge < -0.3 is 10.1 Å². The molecule has 3 aromatic rings. The van der Waals surface area contributed by atoms with E-state index in [1.807, 2.05) is 0 Å². The molecule has 0 unspecified atom stereocenters. The molecule has 31 heavy (non-hydrogen) atoms. The van der Waals surface area contributed by atoms with Crippen LogP contribution in [0.25, 0.3) is 5.57 Å². The number of rotatable bonds is 5. The van der Waals surface area contributed by atoms with Crippen molar-refractivity contribution in [1.82, 2.24) is 0 Å². The maximum atomic E-state index is 13.4. The Balaban J connectivity index is 1.80. The van der Waals surface area contributed by atoms with Gasteiger partial charge in [-0.3, -0.25) is 9.59 Å². The lowest BCUT2D eigenvalue weighted by molar-refractivity contribution is -0.120. The van der Waals surface area contributed by atoms with Crippen molar-refractivity contribution >= 4 is 52.0 Å². The largest absolute Gasteiger partial charge is 0.495 e. The van der Waals surface area contributed by atoms with Crippen LogP contribution in [0.3, 0.4) is 0 Å². The third kappa shape index (κ3) is 4.00. The van der Waals surface area contributed by atoms with Crippen LogP contribution in [0, 0.1) is 5.82 Å². The number of carbonyl (C=O) groups excluding carboxylic acids is 2. The molecule has 1 N–H and O–H groups in total. The van der Waals surface area contributed by atoms with Gasteiger partial charge in [-0.25, -0.2) is 9.29 Å². The van der Waals surface area contributed by atoms with E-state index in [-0.39, 0.29) is 17.0 Å². The predicted molar refractivity (Wildman–Crippen MR) is 119 cm³/mol. The average molecular weight is 457 g/mol. The molecule has 0 aromatic heterocycles. The Morgan fingerprint density at radius 3 is 2.19 bits per heavy atom. The molecular formula is C23H15Cl2FN2O3. The fourth-order valence-electron chi connectivity index (χ4n) is 3.24. The van der Waals surface area contributed by atoms with Crippen LogP contribution in [0.2, 0.25) is 10.0 Å². The van der Waals surface area contributed by atoms with Crippen LogP contribution in [0.1, 0.15) is 5.56 Å². The maximum absolute atomic E-state index is 13.4. The summed E-state index contributed by atoms with van der Waals surface area (Å²) in [7, 11) is 1.50. The van der Waals surface area contributed by atoms with E-state index in [1.165, 1.54) is 31.4 Å². The van der Waals surface area contributed by atoms with E-state index in [0.29, 0.717) is 27.0 Å². The molecule has 1 aliphatic rings. The third-order valence-electron chi connectivity index (χ3n) is 4.72. The molecule has 1 aliphatic heterocycles. The van der Waals surface area contributed by atoms with Crippen molar-refractivity contribution < 1.29 is 18.7 Å². The van der Waals surface area contributed by atoms with E-state index in [4.69, 9.17) is 27.9 Å². The van der Waals surface area contributed by atoms with Gasteiger partial charge in [0.15, 0.2) is 0 Å². The number of imide groups is 1. The highest BCUT2D eigenvalue weighted by Gasteiger charge is 2.40. The molecule has 5 nitrogen and oxygen atoms in total. The minimum absolute atomic E-state index is 0.0675. The van der Waals surface area contributed by atoms with Crippen molar-refractivity contribution in [3.63, 3.8) is 0 Å². The number of hydrogen-bond acceptors (Lipinski definition) is 4. The van der Waals surface area contributed by atoms with Crippen LogP contribution in [-0.4, -0.2) is 18.9 Å². The number of benzene rings is 3. The number of nitrogens with one attached hydrogen (secondary N) is 1. The van der Waals surface area contributed by atoms with E-state index in [1.54, 1.807) is 42.5 Å². The fourth-order valence-corrected chi connectivity index (χ4v) is 3.63. The first-order chi connectivity index (χ1) is 14.9. The Hall–Kier alpha value is -3.35. The summed E-state index contributed by atoms with van der Waals surface area (Å²) >= 11 is 12.2. The second-order valence-electron chi connectivity index (χ2n) is 6.65. The number of methoxy groups -OCH3 is 1. The van der Waals surface area contributed by atoms with Gasteiger partial charge >= 0.3 is 0 Å². The zero-order valence-corrected chi connectivity index (χ0v) is 17.7. The summed E-state index contributed by atoms with van der Waals surface area (Å²) in [5.41, 5.74) is 1.49. The van der Waals surface area contributed by atoms with E-state index in [2.05, 4.69) is 5.32 Å². The highest BCUT2D eigenvalue weighted by Crippen LogP contribution is 2.35. The quantitative estimate of drug-likeness (QED) is 0.512. The molecule has 0 fully saturated rings. The normalized spacial score (nSPS) is 13.7. The Morgan fingerprint density at radius 2 is 1.58 bits per heavy atom. The summed E-state index contributed by atoms with van der Waals surface area (Å²) < 4.78 is 18.5. The van der Waals surface area contributed by atoms with Gasteiger partial charge in [0.05, 0.1) is 23.4 Å². The molecule has 156 valence electrons.